The minimum Gasteiger partial charge on any atom is -0.362 e. The predicted octanol–water partition coefficient (Wildman–Crippen LogP) is 4.69. The van der Waals surface area contributed by atoms with E-state index in [1.807, 2.05) is 31.2 Å². The second kappa shape index (κ2) is 10.8. The normalized spacial score (nSPS) is 11.5. The average molecular weight is 476 g/mol. The zero-order chi connectivity index (χ0) is 23.1. The monoisotopic (exact) mass is 475 g/mol. The van der Waals surface area contributed by atoms with Gasteiger partial charge in [0.1, 0.15) is 5.82 Å². The Balaban J connectivity index is 1.39. The molecule has 0 atom stereocenters. The van der Waals surface area contributed by atoms with Crippen LogP contribution in [-0.4, -0.2) is 32.3 Å². The van der Waals surface area contributed by atoms with Crippen LogP contribution in [0.2, 0.25) is 0 Å². The van der Waals surface area contributed by atoms with E-state index in [1.165, 1.54) is 23.5 Å². The van der Waals surface area contributed by atoms with E-state index in [1.54, 1.807) is 13.1 Å². The molecule has 0 fully saturated rings. The number of nitrogens with one attached hydrogen (secondary N) is 2. The van der Waals surface area contributed by atoms with Gasteiger partial charge < -0.3 is 5.32 Å². The maximum atomic E-state index is 13.4. The number of sulfonamides is 1. The Bertz CT molecular complexity index is 1190. The SMILES string of the molecule is Cc1ccccc1C(=O)c1cnc(NCCCCCNS(=O)(=O)c2cc(F)ccc2C)s1. The number of thiazole rings is 1. The fraction of sp³-hybridized carbons (Fsp3) is 0.304. The van der Waals surface area contributed by atoms with E-state index in [0.717, 1.165) is 24.5 Å². The molecule has 0 radical (unpaired) electrons. The largest absolute Gasteiger partial charge is 0.362 e. The number of unbranched alkanes of at least 4 members (excludes halogenated alkanes) is 2. The predicted molar refractivity (Wildman–Crippen MR) is 125 cm³/mol. The standard InChI is InChI=1S/C23H26FN3O3S2/c1-16-8-4-5-9-19(16)22(28)20-15-26-23(31-20)25-12-6-3-7-13-27-32(29,30)21-14-18(24)11-10-17(21)2/h4-5,8-11,14-15,27H,3,6-7,12-13H2,1-2H3,(H,25,26). The summed E-state index contributed by atoms with van der Waals surface area (Å²) in [6.45, 7) is 4.50. The molecule has 6 nitrogen and oxygen atoms in total. The maximum absolute atomic E-state index is 13.4. The molecule has 0 aliphatic rings. The van der Waals surface area contributed by atoms with Gasteiger partial charge in [0.15, 0.2) is 5.13 Å². The molecule has 32 heavy (non-hydrogen) atoms. The highest BCUT2D eigenvalue weighted by molar-refractivity contribution is 7.89. The maximum Gasteiger partial charge on any atom is 0.240 e. The summed E-state index contributed by atoms with van der Waals surface area (Å²) in [7, 11) is -3.73. The van der Waals surface area contributed by atoms with Crippen LogP contribution in [-0.2, 0) is 10.0 Å². The molecule has 0 bridgehead atoms. The number of anilines is 1. The van der Waals surface area contributed by atoms with Gasteiger partial charge in [-0.3, -0.25) is 4.79 Å². The third-order valence-electron chi connectivity index (χ3n) is 4.98. The number of carbonyl (C=O) groups is 1. The van der Waals surface area contributed by atoms with Gasteiger partial charge in [0.05, 0.1) is 16.0 Å². The Kier molecular flexibility index (Phi) is 8.11. The Morgan fingerprint density at radius 1 is 1.03 bits per heavy atom. The molecule has 1 aromatic heterocycles. The Morgan fingerprint density at radius 2 is 1.78 bits per heavy atom. The topological polar surface area (TPSA) is 88.2 Å². The lowest BCUT2D eigenvalue weighted by atomic mass is 10.0. The molecule has 170 valence electrons. The number of hydrogen-bond donors (Lipinski definition) is 2. The van der Waals surface area contributed by atoms with Crippen molar-refractivity contribution >= 4 is 32.3 Å². The van der Waals surface area contributed by atoms with Gasteiger partial charge in [0, 0.05) is 18.7 Å². The van der Waals surface area contributed by atoms with Crippen LogP contribution >= 0.6 is 11.3 Å². The fourth-order valence-corrected chi connectivity index (χ4v) is 5.32. The number of aromatic nitrogens is 1. The van der Waals surface area contributed by atoms with E-state index in [2.05, 4.69) is 15.0 Å². The summed E-state index contributed by atoms with van der Waals surface area (Å²) < 4.78 is 40.6. The summed E-state index contributed by atoms with van der Waals surface area (Å²) in [6.07, 6.45) is 3.87. The number of hydrogen-bond acceptors (Lipinski definition) is 6. The van der Waals surface area contributed by atoms with Crippen molar-refractivity contribution in [2.75, 3.05) is 18.4 Å². The first-order chi connectivity index (χ1) is 15.3. The molecule has 3 rings (SSSR count). The van der Waals surface area contributed by atoms with Crippen molar-refractivity contribution in [1.29, 1.82) is 0 Å². The zero-order valence-corrected chi connectivity index (χ0v) is 19.7. The smallest absolute Gasteiger partial charge is 0.240 e. The van der Waals surface area contributed by atoms with Gasteiger partial charge in [0.25, 0.3) is 0 Å². The van der Waals surface area contributed by atoms with Gasteiger partial charge in [-0.15, -0.1) is 0 Å². The molecule has 2 aromatic carbocycles. The highest BCUT2D eigenvalue weighted by atomic mass is 32.2. The van der Waals surface area contributed by atoms with Crippen molar-refractivity contribution < 1.29 is 17.6 Å². The zero-order valence-electron chi connectivity index (χ0n) is 18.0. The van der Waals surface area contributed by atoms with Crippen LogP contribution in [0.25, 0.3) is 0 Å². The lowest BCUT2D eigenvalue weighted by Gasteiger charge is -2.09. The molecule has 0 aliphatic heterocycles. The highest BCUT2D eigenvalue weighted by Crippen LogP contribution is 2.22. The van der Waals surface area contributed by atoms with Crippen LogP contribution in [0, 0.1) is 19.7 Å². The summed E-state index contributed by atoms with van der Waals surface area (Å²) >= 11 is 1.32. The first-order valence-corrected chi connectivity index (χ1v) is 12.6. The third kappa shape index (κ3) is 6.21. The van der Waals surface area contributed by atoms with Crippen LogP contribution in [0.5, 0.6) is 0 Å². The van der Waals surface area contributed by atoms with Gasteiger partial charge in [0.2, 0.25) is 15.8 Å². The molecule has 0 amide bonds. The van der Waals surface area contributed by atoms with E-state index in [0.29, 0.717) is 34.1 Å². The lowest BCUT2D eigenvalue weighted by Crippen LogP contribution is -2.25. The van der Waals surface area contributed by atoms with E-state index in [4.69, 9.17) is 0 Å². The van der Waals surface area contributed by atoms with Crippen LogP contribution < -0.4 is 10.0 Å². The second-order valence-corrected chi connectivity index (χ2v) is 10.2. The summed E-state index contributed by atoms with van der Waals surface area (Å²) in [6, 6.07) is 11.2. The number of aryl methyl sites for hydroxylation is 2. The minimum absolute atomic E-state index is 0.0287. The Morgan fingerprint density at radius 3 is 2.56 bits per heavy atom. The molecule has 0 unspecified atom stereocenters. The molecular weight excluding hydrogens is 449 g/mol. The van der Waals surface area contributed by atoms with E-state index in [9.17, 15) is 17.6 Å². The molecule has 0 saturated carbocycles. The van der Waals surface area contributed by atoms with Crippen molar-refractivity contribution in [1.82, 2.24) is 9.71 Å². The van der Waals surface area contributed by atoms with Gasteiger partial charge in [-0.25, -0.2) is 22.5 Å². The number of halogens is 1. The Hall–Kier alpha value is -2.62. The van der Waals surface area contributed by atoms with Crippen LogP contribution in [0.1, 0.15) is 45.6 Å². The lowest BCUT2D eigenvalue weighted by molar-refractivity contribution is 0.104. The van der Waals surface area contributed by atoms with Crippen LogP contribution in [0.4, 0.5) is 9.52 Å². The summed E-state index contributed by atoms with van der Waals surface area (Å²) in [4.78, 5) is 17.4. The third-order valence-corrected chi connectivity index (χ3v) is 7.54. The first kappa shape index (κ1) is 24.0. The van der Waals surface area contributed by atoms with Crippen molar-refractivity contribution in [3.05, 3.63) is 76.0 Å². The molecule has 0 saturated heterocycles. The molecule has 0 spiro atoms. The second-order valence-electron chi connectivity index (χ2n) is 7.47. The molecule has 0 aliphatic carbocycles. The molecule has 3 aromatic rings. The quantitative estimate of drug-likeness (QED) is 0.310. The fourth-order valence-electron chi connectivity index (χ4n) is 3.19. The number of nitrogens with zero attached hydrogens (tertiary/aromatic N) is 1. The van der Waals surface area contributed by atoms with Crippen molar-refractivity contribution in [3.63, 3.8) is 0 Å². The van der Waals surface area contributed by atoms with E-state index < -0.39 is 15.8 Å². The van der Waals surface area contributed by atoms with Crippen molar-refractivity contribution in [2.24, 2.45) is 0 Å². The Labute approximate surface area is 192 Å². The van der Waals surface area contributed by atoms with Gasteiger partial charge in [-0.1, -0.05) is 48.1 Å². The van der Waals surface area contributed by atoms with Gasteiger partial charge in [-0.05, 0) is 49.9 Å². The van der Waals surface area contributed by atoms with Gasteiger partial charge in [-0.2, -0.15) is 0 Å². The number of ketones is 1. The van der Waals surface area contributed by atoms with Crippen molar-refractivity contribution in [3.8, 4) is 0 Å². The highest BCUT2D eigenvalue weighted by Gasteiger charge is 2.17. The van der Waals surface area contributed by atoms with Gasteiger partial charge >= 0.3 is 0 Å². The average Bonchev–Trinajstić information content (AvgIpc) is 3.23. The molecular formula is C23H26FN3O3S2. The first-order valence-electron chi connectivity index (χ1n) is 10.3. The summed E-state index contributed by atoms with van der Waals surface area (Å²) in [5, 5.41) is 3.89. The summed E-state index contributed by atoms with van der Waals surface area (Å²) in [5.41, 5.74) is 2.12. The number of carbonyl (C=O) groups excluding carboxylic acids is 1. The van der Waals surface area contributed by atoms with E-state index >= 15 is 0 Å². The minimum atomic E-state index is -3.73. The molecule has 2 N–H and O–H groups in total. The molecule has 1 heterocycles. The summed E-state index contributed by atoms with van der Waals surface area (Å²) in [5.74, 6) is -0.609. The number of benzene rings is 2. The van der Waals surface area contributed by atoms with E-state index in [-0.39, 0.29) is 17.2 Å². The molecule has 9 heteroatoms. The number of rotatable bonds is 11. The van der Waals surface area contributed by atoms with Crippen LogP contribution in [0.15, 0.2) is 53.6 Å². The van der Waals surface area contributed by atoms with Crippen LogP contribution in [0.3, 0.4) is 0 Å². The van der Waals surface area contributed by atoms with Crippen molar-refractivity contribution in [2.45, 2.75) is 38.0 Å².